The molecule has 8 nitrogen and oxygen atoms in total. The topological polar surface area (TPSA) is 105 Å². The first-order valence-corrected chi connectivity index (χ1v) is 5.82. The minimum absolute atomic E-state index is 0.125. The van der Waals surface area contributed by atoms with Gasteiger partial charge in [-0.3, -0.25) is 9.59 Å². The quantitative estimate of drug-likeness (QED) is 0.297. The molecule has 0 aliphatic heterocycles. The maximum absolute atomic E-state index is 12.2. The van der Waals surface area contributed by atoms with E-state index in [1.807, 2.05) is 0 Å². The van der Waals surface area contributed by atoms with E-state index in [0.29, 0.717) is 0 Å². The van der Waals surface area contributed by atoms with Crippen LogP contribution in [0.5, 0.6) is 0 Å². The van der Waals surface area contributed by atoms with Crippen LogP contribution in [0.4, 0.5) is 0 Å². The maximum Gasteiger partial charge on any atom is 0.294 e. The maximum atomic E-state index is 12.2. The summed E-state index contributed by atoms with van der Waals surface area (Å²) in [5, 5.41) is 9.11. The Labute approximate surface area is 115 Å². The Bertz CT molecular complexity index is 504. The summed E-state index contributed by atoms with van der Waals surface area (Å²) in [6, 6.07) is 0. The molecule has 0 N–H and O–H groups in total. The molecule has 1 aliphatic carbocycles. The van der Waals surface area contributed by atoms with Gasteiger partial charge in [-0.05, 0) is 19.8 Å². The predicted octanol–water partition coefficient (Wildman–Crippen LogP) is 0.948. The predicted molar refractivity (Wildman–Crippen MR) is 65.9 cm³/mol. The minimum Gasteiger partial charge on any atom is -0.489 e. The molecular formula is C12H15NO7. The van der Waals surface area contributed by atoms with Crippen LogP contribution in [0.25, 0.3) is 0 Å². The van der Waals surface area contributed by atoms with Crippen molar-refractivity contribution in [3.8, 4) is 0 Å². The number of rotatable bonds is 7. The van der Waals surface area contributed by atoms with E-state index in [2.05, 4.69) is 4.84 Å². The Morgan fingerprint density at radius 2 is 1.65 bits per heavy atom. The van der Waals surface area contributed by atoms with Crippen LogP contribution < -0.4 is 0 Å². The number of carbonyl (C=O) groups is 2. The number of ether oxygens (including phenoxy) is 2. The molecule has 0 aromatic carbocycles. The molecule has 0 atom stereocenters. The molecule has 1 aliphatic rings. The summed E-state index contributed by atoms with van der Waals surface area (Å²) < 4.78 is 9.80. The van der Waals surface area contributed by atoms with E-state index < -0.39 is 16.7 Å². The highest BCUT2D eigenvalue weighted by molar-refractivity contribution is 6.23. The van der Waals surface area contributed by atoms with Gasteiger partial charge in [0.2, 0.25) is 23.1 Å². The first kappa shape index (κ1) is 15.7. The van der Waals surface area contributed by atoms with Gasteiger partial charge in [0.1, 0.15) is 0 Å². The summed E-state index contributed by atoms with van der Waals surface area (Å²) in [7, 11) is 2.55. The van der Waals surface area contributed by atoms with E-state index in [1.54, 1.807) is 0 Å². The molecule has 0 aromatic rings. The number of allylic oxidation sites excluding steroid dienone is 2. The molecule has 0 unspecified atom stereocenters. The Kier molecular flexibility index (Phi) is 5.24. The first-order valence-electron chi connectivity index (χ1n) is 5.82. The van der Waals surface area contributed by atoms with Gasteiger partial charge < -0.3 is 14.3 Å². The van der Waals surface area contributed by atoms with Crippen molar-refractivity contribution >= 4 is 11.6 Å². The molecule has 110 valence electrons. The molecule has 0 aromatic heterocycles. The average molecular weight is 285 g/mol. The Balaban J connectivity index is 2.86. The SMILES string of the molecule is COC1=C(OC)C(=O)C(CCCO[N+](=O)[O-])=C(C)C1=O. The monoisotopic (exact) mass is 285 g/mol. The zero-order valence-electron chi connectivity index (χ0n) is 11.4. The highest BCUT2D eigenvalue weighted by Gasteiger charge is 2.34. The van der Waals surface area contributed by atoms with E-state index in [9.17, 15) is 19.7 Å². The van der Waals surface area contributed by atoms with Crippen molar-refractivity contribution in [2.75, 3.05) is 20.8 Å². The third kappa shape index (κ3) is 3.14. The fourth-order valence-electron chi connectivity index (χ4n) is 1.88. The van der Waals surface area contributed by atoms with Crippen molar-refractivity contribution in [1.82, 2.24) is 0 Å². The van der Waals surface area contributed by atoms with Crippen LogP contribution in [0.15, 0.2) is 22.7 Å². The molecule has 0 amide bonds. The van der Waals surface area contributed by atoms with E-state index in [1.165, 1.54) is 21.1 Å². The van der Waals surface area contributed by atoms with Gasteiger partial charge in [0, 0.05) is 11.1 Å². The van der Waals surface area contributed by atoms with Crippen molar-refractivity contribution in [1.29, 1.82) is 0 Å². The van der Waals surface area contributed by atoms with Crippen LogP contribution in [0.1, 0.15) is 19.8 Å². The summed E-state index contributed by atoms with van der Waals surface area (Å²) in [6.45, 7) is 1.36. The van der Waals surface area contributed by atoms with Gasteiger partial charge in [-0.25, -0.2) is 0 Å². The molecule has 0 saturated heterocycles. The number of carbonyl (C=O) groups excluding carboxylic acids is 2. The smallest absolute Gasteiger partial charge is 0.294 e. The lowest BCUT2D eigenvalue weighted by molar-refractivity contribution is -0.757. The molecule has 0 bridgehead atoms. The molecule has 8 heteroatoms. The Morgan fingerprint density at radius 1 is 1.10 bits per heavy atom. The van der Waals surface area contributed by atoms with Crippen LogP contribution in [-0.4, -0.2) is 37.5 Å². The number of hydrogen-bond donors (Lipinski definition) is 0. The highest BCUT2D eigenvalue weighted by Crippen LogP contribution is 2.28. The summed E-state index contributed by atoms with van der Waals surface area (Å²) in [4.78, 5) is 38.4. The van der Waals surface area contributed by atoms with Gasteiger partial charge in [0.05, 0.1) is 20.8 Å². The lowest BCUT2D eigenvalue weighted by Gasteiger charge is -2.20. The van der Waals surface area contributed by atoms with Crippen molar-refractivity contribution in [2.45, 2.75) is 19.8 Å². The molecule has 0 saturated carbocycles. The van der Waals surface area contributed by atoms with Crippen molar-refractivity contribution < 1.29 is 29.0 Å². The van der Waals surface area contributed by atoms with Gasteiger partial charge in [-0.15, -0.1) is 10.1 Å². The van der Waals surface area contributed by atoms with Crippen LogP contribution in [-0.2, 0) is 23.9 Å². The largest absolute Gasteiger partial charge is 0.489 e. The van der Waals surface area contributed by atoms with Crippen molar-refractivity contribution in [3.63, 3.8) is 0 Å². The van der Waals surface area contributed by atoms with Crippen molar-refractivity contribution in [2.24, 2.45) is 0 Å². The second kappa shape index (κ2) is 6.69. The molecule has 0 heterocycles. The van der Waals surface area contributed by atoms with Gasteiger partial charge in [0.15, 0.2) is 0 Å². The zero-order valence-corrected chi connectivity index (χ0v) is 11.4. The molecule has 0 spiro atoms. The summed E-state index contributed by atoms with van der Waals surface area (Å²) in [5.74, 6) is -1.13. The van der Waals surface area contributed by atoms with E-state index in [4.69, 9.17) is 9.47 Å². The molecule has 20 heavy (non-hydrogen) atoms. The fourth-order valence-corrected chi connectivity index (χ4v) is 1.88. The molecule has 0 radical (unpaired) electrons. The lowest BCUT2D eigenvalue weighted by Crippen LogP contribution is -2.25. The number of hydrogen-bond acceptors (Lipinski definition) is 7. The molecule has 1 rings (SSSR count). The van der Waals surface area contributed by atoms with Gasteiger partial charge in [-0.2, -0.15) is 0 Å². The summed E-state index contributed by atoms with van der Waals surface area (Å²) in [5.41, 5.74) is 0.522. The molecular weight excluding hydrogens is 270 g/mol. The van der Waals surface area contributed by atoms with Crippen LogP contribution in [0.3, 0.4) is 0 Å². The minimum atomic E-state index is -0.904. The zero-order chi connectivity index (χ0) is 15.3. The van der Waals surface area contributed by atoms with Gasteiger partial charge >= 0.3 is 0 Å². The van der Waals surface area contributed by atoms with E-state index >= 15 is 0 Å². The number of Topliss-reactive ketones (excluding diaryl/α,β-unsaturated/α-hetero) is 2. The number of methoxy groups -OCH3 is 2. The van der Waals surface area contributed by atoms with Gasteiger partial charge in [0.25, 0.3) is 5.09 Å². The van der Waals surface area contributed by atoms with Crippen LogP contribution >= 0.6 is 0 Å². The summed E-state index contributed by atoms with van der Waals surface area (Å²) in [6.07, 6.45) is 0.431. The Hall–Kier alpha value is -2.38. The normalized spacial score (nSPS) is 15.6. The fraction of sp³-hybridized carbons (Fsp3) is 0.500. The first-order chi connectivity index (χ1) is 9.43. The van der Waals surface area contributed by atoms with Crippen molar-refractivity contribution in [3.05, 3.63) is 32.8 Å². The third-order valence-electron chi connectivity index (χ3n) is 2.86. The van der Waals surface area contributed by atoms with Crippen LogP contribution in [0, 0.1) is 10.1 Å². The second-order valence-electron chi connectivity index (χ2n) is 3.99. The number of nitrogens with zero attached hydrogens (tertiary/aromatic N) is 1. The van der Waals surface area contributed by atoms with Crippen LogP contribution in [0.2, 0.25) is 0 Å². The van der Waals surface area contributed by atoms with E-state index in [0.717, 1.165) is 0 Å². The molecule has 0 fully saturated rings. The number of ketones is 2. The second-order valence-corrected chi connectivity index (χ2v) is 3.99. The lowest BCUT2D eigenvalue weighted by atomic mass is 9.90. The summed E-state index contributed by atoms with van der Waals surface area (Å²) >= 11 is 0. The Morgan fingerprint density at radius 3 is 2.15 bits per heavy atom. The van der Waals surface area contributed by atoms with E-state index in [-0.39, 0.29) is 42.1 Å². The standard InChI is InChI=1S/C12H15NO7/c1-7-8(5-4-6-20-13(16)17)10(15)12(19-3)11(18-2)9(7)14/h4-6H2,1-3H3. The van der Waals surface area contributed by atoms with Gasteiger partial charge in [-0.1, -0.05) is 0 Å². The highest BCUT2D eigenvalue weighted by atomic mass is 16.9. The third-order valence-corrected chi connectivity index (χ3v) is 2.86. The average Bonchev–Trinajstić information content (AvgIpc) is 2.41.